The Labute approximate surface area is 155 Å². The summed E-state index contributed by atoms with van der Waals surface area (Å²) in [6.07, 6.45) is 2.24. The second-order valence-corrected chi connectivity index (χ2v) is 7.00. The molecule has 0 saturated carbocycles. The fourth-order valence-corrected chi connectivity index (χ4v) is 3.71. The van der Waals surface area contributed by atoms with Crippen LogP contribution in [-0.2, 0) is 6.54 Å². The van der Waals surface area contributed by atoms with Crippen molar-refractivity contribution in [1.82, 2.24) is 9.80 Å². The van der Waals surface area contributed by atoms with Gasteiger partial charge in [0.2, 0.25) is 0 Å². The van der Waals surface area contributed by atoms with Crippen molar-refractivity contribution in [3.63, 3.8) is 0 Å². The molecule has 2 aromatic rings. The molecule has 1 saturated heterocycles. The van der Waals surface area contributed by atoms with Crippen LogP contribution in [0.1, 0.15) is 11.1 Å². The standard InChI is InChI=1S/C22H26N2O2/c1-25-21-8-5-9-22-20(21)14-19(17-26-22)16-24-12-10-23(11-13-24)15-18-6-3-2-4-7-18/h2-9,14H,10-13,15-17H2,1H3. The zero-order valence-electron chi connectivity index (χ0n) is 15.4. The van der Waals surface area contributed by atoms with Crippen molar-refractivity contribution in [2.45, 2.75) is 6.54 Å². The molecule has 0 amide bonds. The first-order chi connectivity index (χ1) is 12.8. The van der Waals surface area contributed by atoms with Gasteiger partial charge in [-0.05, 0) is 29.3 Å². The highest BCUT2D eigenvalue weighted by Crippen LogP contribution is 2.34. The largest absolute Gasteiger partial charge is 0.496 e. The number of rotatable bonds is 5. The Bertz CT molecular complexity index is 765. The van der Waals surface area contributed by atoms with Crippen LogP contribution < -0.4 is 9.47 Å². The van der Waals surface area contributed by atoms with Crippen LogP contribution in [0.2, 0.25) is 0 Å². The molecule has 1 fully saturated rings. The average molecular weight is 350 g/mol. The number of fused-ring (bicyclic) bond motifs is 1. The molecule has 2 aliphatic rings. The molecule has 2 aromatic carbocycles. The molecule has 4 rings (SSSR count). The van der Waals surface area contributed by atoms with E-state index in [9.17, 15) is 0 Å². The summed E-state index contributed by atoms with van der Waals surface area (Å²) in [4.78, 5) is 5.06. The lowest BCUT2D eigenvalue weighted by molar-refractivity contribution is 0.132. The number of methoxy groups -OCH3 is 1. The lowest BCUT2D eigenvalue weighted by Gasteiger charge is -2.35. The van der Waals surface area contributed by atoms with Gasteiger partial charge >= 0.3 is 0 Å². The molecule has 4 heteroatoms. The van der Waals surface area contributed by atoms with E-state index in [1.54, 1.807) is 7.11 Å². The van der Waals surface area contributed by atoms with Crippen molar-refractivity contribution < 1.29 is 9.47 Å². The van der Waals surface area contributed by atoms with E-state index in [1.165, 1.54) is 11.1 Å². The third kappa shape index (κ3) is 3.92. The zero-order chi connectivity index (χ0) is 17.8. The Morgan fingerprint density at radius 3 is 2.35 bits per heavy atom. The van der Waals surface area contributed by atoms with E-state index in [4.69, 9.17) is 9.47 Å². The van der Waals surface area contributed by atoms with Gasteiger partial charge in [0.25, 0.3) is 0 Å². The summed E-state index contributed by atoms with van der Waals surface area (Å²) >= 11 is 0. The van der Waals surface area contributed by atoms with Crippen molar-refractivity contribution in [3.8, 4) is 11.5 Å². The van der Waals surface area contributed by atoms with Gasteiger partial charge in [-0.1, -0.05) is 36.4 Å². The summed E-state index contributed by atoms with van der Waals surface area (Å²) in [5.41, 5.74) is 3.78. The minimum absolute atomic E-state index is 0.671. The summed E-state index contributed by atoms with van der Waals surface area (Å²) in [7, 11) is 1.71. The Morgan fingerprint density at radius 1 is 0.885 bits per heavy atom. The summed E-state index contributed by atoms with van der Waals surface area (Å²) in [5.74, 6) is 1.80. The second-order valence-electron chi connectivity index (χ2n) is 7.00. The molecular weight excluding hydrogens is 324 g/mol. The first-order valence-electron chi connectivity index (χ1n) is 9.30. The lowest BCUT2D eigenvalue weighted by Crippen LogP contribution is -2.46. The molecule has 0 aromatic heterocycles. The van der Waals surface area contributed by atoms with E-state index < -0.39 is 0 Å². The fraction of sp³-hybridized carbons (Fsp3) is 0.364. The molecule has 0 aliphatic carbocycles. The molecule has 136 valence electrons. The number of piperazine rings is 1. The van der Waals surface area contributed by atoms with Crippen LogP contribution in [0.15, 0.2) is 54.1 Å². The van der Waals surface area contributed by atoms with Gasteiger partial charge in [-0.2, -0.15) is 0 Å². The molecule has 2 aliphatic heterocycles. The van der Waals surface area contributed by atoms with Crippen molar-refractivity contribution in [3.05, 3.63) is 65.2 Å². The highest BCUT2D eigenvalue weighted by Gasteiger charge is 2.20. The maximum Gasteiger partial charge on any atom is 0.130 e. The van der Waals surface area contributed by atoms with Crippen LogP contribution >= 0.6 is 0 Å². The molecule has 0 unspecified atom stereocenters. The number of hydrogen-bond donors (Lipinski definition) is 0. The van der Waals surface area contributed by atoms with Crippen molar-refractivity contribution in [1.29, 1.82) is 0 Å². The smallest absolute Gasteiger partial charge is 0.130 e. The Balaban J connectivity index is 1.34. The molecule has 4 nitrogen and oxygen atoms in total. The maximum absolute atomic E-state index is 5.93. The Kier molecular flexibility index (Phi) is 5.23. The topological polar surface area (TPSA) is 24.9 Å². The predicted octanol–water partition coefficient (Wildman–Crippen LogP) is 3.29. The highest BCUT2D eigenvalue weighted by atomic mass is 16.5. The average Bonchev–Trinajstić information content (AvgIpc) is 2.70. The first kappa shape index (κ1) is 17.1. The molecule has 2 heterocycles. The third-order valence-corrected chi connectivity index (χ3v) is 5.15. The number of benzene rings is 2. The van der Waals surface area contributed by atoms with Crippen LogP contribution in [0.25, 0.3) is 6.08 Å². The molecule has 0 N–H and O–H groups in total. The van der Waals surface area contributed by atoms with E-state index in [2.05, 4.69) is 46.2 Å². The van der Waals surface area contributed by atoms with E-state index in [0.717, 1.165) is 56.3 Å². The van der Waals surface area contributed by atoms with Gasteiger partial charge in [0, 0.05) is 39.3 Å². The quantitative estimate of drug-likeness (QED) is 0.826. The van der Waals surface area contributed by atoms with Gasteiger partial charge in [0.15, 0.2) is 0 Å². The van der Waals surface area contributed by atoms with Crippen LogP contribution in [0.5, 0.6) is 11.5 Å². The van der Waals surface area contributed by atoms with Crippen LogP contribution in [0, 0.1) is 0 Å². The molecule has 26 heavy (non-hydrogen) atoms. The fourth-order valence-electron chi connectivity index (χ4n) is 3.71. The minimum atomic E-state index is 0.671. The van der Waals surface area contributed by atoms with Crippen LogP contribution in [-0.4, -0.2) is 56.2 Å². The zero-order valence-corrected chi connectivity index (χ0v) is 15.4. The van der Waals surface area contributed by atoms with E-state index in [1.807, 2.05) is 18.2 Å². The molecule has 0 radical (unpaired) electrons. The Hall–Kier alpha value is -2.30. The van der Waals surface area contributed by atoms with Crippen molar-refractivity contribution >= 4 is 6.08 Å². The highest BCUT2D eigenvalue weighted by molar-refractivity contribution is 5.68. The van der Waals surface area contributed by atoms with Gasteiger partial charge in [-0.3, -0.25) is 9.80 Å². The Morgan fingerprint density at radius 2 is 1.62 bits per heavy atom. The number of ether oxygens (including phenoxy) is 2. The van der Waals surface area contributed by atoms with Gasteiger partial charge in [0.1, 0.15) is 18.1 Å². The van der Waals surface area contributed by atoms with Crippen LogP contribution in [0.3, 0.4) is 0 Å². The van der Waals surface area contributed by atoms with Crippen molar-refractivity contribution in [2.75, 3.05) is 46.4 Å². The summed E-state index contributed by atoms with van der Waals surface area (Å²) < 4.78 is 11.4. The predicted molar refractivity (Wildman–Crippen MR) is 105 cm³/mol. The first-order valence-corrected chi connectivity index (χ1v) is 9.30. The lowest BCUT2D eigenvalue weighted by atomic mass is 10.1. The monoisotopic (exact) mass is 350 g/mol. The van der Waals surface area contributed by atoms with Crippen LogP contribution in [0.4, 0.5) is 0 Å². The number of hydrogen-bond acceptors (Lipinski definition) is 4. The van der Waals surface area contributed by atoms with E-state index >= 15 is 0 Å². The molecular formula is C22H26N2O2. The molecule has 0 spiro atoms. The van der Waals surface area contributed by atoms with E-state index in [-0.39, 0.29) is 0 Å². The van der Waals surface area contributed by atoms with Gasteiger partial charge in [-0.25, -0.2) is 0 Å². The van der Waals surface area contributed by atoms with E-state index in [0.29, 0.717) is 6.61 Å². The van der Waals surface area contributed by atoms with Gasteiger partial charge in [0.05, 0.1) is 12.7 Å². The summed E-state index contributed by atoms with van der Waals surface area (Å²) in [5, 5.41) is 0. The molecule has 0 atom stereocenters. The van der Waals surface area contributed by atoms with Gasteiger partial charge < -0.3 is 9.47 Å². The second kappa shape index (κ2) is 7.94. The van der Waals surface area contributed by atoms with Crippen molar-refractivity contribution in [2.24, 2.45) is 0 Å². The SMILES string of the molecule is COc1cccc2c1C=C(CN1CCN(Cc3ccccc3)CC1)CO2. The number of nitrogens with zero attached hydrogens (tertiary/aromatic N) is 2. The minimum Gasteiger partial charge on any atom is -0.496 e. The summed E-state index contributed by atoms with van der Waals surface area (Å²) in [6.45, 7) is 7.11. The third-order valence-electron chi connectivity index (χ3n) is 5.15. The molecule has 0 bridgehead atoms. The van der Waals surface area contributed by atoms with Gasteiger partial charge in [-0.15, -0.1) is 0 Å². The summed E-state index contributed by atoms with van der Waals surface area (Å²) in [6, 6.07) is 16.7. The normalized spacial score (nSPS) is 18.0. The maximum atomic E-state index is 5.93.